The summed E-state index contributed by atoms with van der Waals surface area (Å²) >= 11 is 0. The summed E-state index contributed by atoms with van der Waals surface area (Å²) in [6, 6.07) is 7.67. The Hall–Kier alpha value is -1.55. The molecule has 4 heteroatoms. The van der Waals surface area contributed by atoms with E-state index in [9.17, 15) is 4.79 Å². The summed E-state index contributed by atoms with van der Waals surface area (Å²) in [5.41, 5.74) is 1.05. The molecule has 0 aromatic heterocycles. The fraction of sp³-hybridized carbons (Fsp3) is 0.364. The van der Waals surface area contributed by atoms with Crippen molar-refractivity contribution in [2.45, 2.75) is 12.6 Å². The highest BCUT2D eigenvalue weighted by Crippen LogP contribution is 2.17. The molecule has 4 nitrogen and oxygen atoms in total. The molecule has 80 valence electrons. The molecule has 2 rings (SSSR count). The molecule has 1 unspecified atom stereocenters. The minimum atomic E-state index is -0.0721. The summed E-state index contributed by atoms with van der Waals surface area (Å²) < 4.78 is 5.07. The summed E-state index contributed by atoms with van der Waals surface area (Å²) in [7, 11) is 1.63. The molecule has 15 heavy (non-hydrogen) atoms. The minimum absolute atomic E-state index is 0.0721. The van der Waals surface area contributed by atoms with Crippen LogP contribution in [0, 0.1) is 0 Å². The summed E-state index contributed by atoms with van der Waals surface area (Å²) in [6.45, 7) is 0.725. The van der Waals surface area contributed by atoms with Gasteiger partial charge in [0.05, 0.1) is 7.11 Å². The van der Waals surface area contributed by atoms with Gasteiger partial charge >= 0.3 is 0 Å². The van der Waals surface area contributed by atoms with E-state index in [0.29, 0.717) is 6.42 Å². The number of benzene rings is 1. The summed E-state index contributed by atoms with van der Waals surface area (Å²) in [5, 5.41) is 6.11. The van der Waals surface area contributed by atoms with Gasteiger partial charge in [-0.05, 0) is 17.7 Å². The third-order valence-electron chi connectivity index (χ3n) is 2.45. The molecule has 1 saturated heterocycles. The van der Waals surface area contributed by atoms with Gasteiger partial charge in [0, 0.05) is 13.0 Å². The van der Waals surface area contributed by atoms with Crippen LogP contribution >= 0.6 is 0 Å². The Morgan fingerprint density at radius 1 is 1.33 bits per heavy atom. The minimum Gasteiger partial charge on any atom is -0.497 e. The lowest BCUT2D eigenvalue weighted by atomic mass is 10.1. The number of carbonyl (C=O) groups is 1. The van der Waals surface area contributed by atoms with Gasteiger partial charge < -0.3 is 10.1 Å². The van der Waals surface area contributed by atoms with Gasteiger partial charge in [-0.3, -0.25) is 10.1 Å². The topological polar surface area (TPSA) is 50.4 Å². The zero-order valence-electron chi connectivity index (χ0n) is 8.62. The van der Waals surface area contributed by atoms with Crippen LogP contribution in [0.2, 0.25) is 0 Å². The SMILES string of the molecule is COc1ccc(C2NCCC(=O)N2)cc1. The van der Waals surface area contributed by atoms with Gasteiger partial charge in [-0.2, -0.15) is 0 Å². The van der Waals surface area contributed by atoms with Gasteiger partial charge in [0.1, 0.15) is 11.9 Å². The van der Waals surface area contributed by atoms with Crippen molar-refractivity contribution in [3.05, 3.63) is 29.8 Å². The van der Waals surface area contributed by atoms with Gasteiger partial charge in [-0.15, -0.1) is 0 Å². The Morgan fingerprint density at radius 3 is 2.67 bits per heavy atom. The monoisotopic (exact) mass is 206 g/mol. The molecular weight excluding hydrogens is 192 g/mol. The first-order valence-electron chi connectivity index (χ1n) is 4.96. The van der Waals surface area contributed by atoms with E-state index in [4.69, 9.17) is 4.74 Å². The second-order valence-electron chi connectivity index (χ2n) is 3.48. The maximum atomic E-state index is 11.2. The fourth-order valence-corrected chi connectivity index (χ4v) is 1.61. The van der Waals surface area contributed by atoms with Crippen LogP contribution < -0.4 is 15.4 Å². The molecule has 1 heterocycles. The van der Waals surface area contributed by atoms with Crippen LogP contribution in [0.25, 0.3) is 0 Å². The first-order valence-corrected chi connectivity index (χ1v) is 4.96. The first kappa shape index (κ1) is 9.98. The number of ether oxygens (including phenoxy) is 1. The van der Waals surface area contributed by atoms with Crippen LogP contribution in [0.3, 0.4) is 0 Å². The van der Waals surface area contributed by atoms with E-state index in [1.807, 2.05) is 24.3 Å². The van der Waals surface area contributed by atoms with E-state index >= 15 is 0 Å². The Bertz CT molecular complexity index is 348. The predicted octanol–water partition coefficient (Wildman–Crippen LogP) is 0.803. The van der Waals surface area contributed by atoms with E-state index in [0.717, 1.165) is 17.9 Å². The number of carbonyl (C=O) groups excluding carboxylic acids is 1. The second kappa shape index (κ2) is 4.31. The molecule has 1 atom stereocenters. The predicted molar refractivity (Wildman–Crippen MR) is 56.5 cm³/mol. The highest BCUT2D eigenvalue weighted by molar-refractivity contribution is 5.77. The molecule has 1 aromatic carbocycles. The zero-order chi connectivity index (χ0) is 10.7. The standard InChI is InChI=1S/C11H14N2O2/c1-15-9-4-2-8(3-5-9)11-12-7-6-10(14)13-11/h2-5,11-12H,6-7H2,1H3,(H,13,14). The molecule has 1 amide bonds. The third-order valence-corrected chi connectivity index (χ3v) is 2.45. The molecule has 0 aliphatic carbocycles. The Balaban J connectivity index is 2.11. The van der Waals surface area contributed by atoms with Gasteiger partial charge in [-0.25, -0.2) is 0 Å². The van der Waals surface area contributed by atoms with Crippen molar-refractivity contribution in [2.24, 2.45) is 0 Å². The number of amides is 1. The summed E-state index contributed by atoms with van der Waals surface area (Å²) in [4.78, 5) is 11.2. The number of hydrogen-bond donors (Lipinski definition) is 2. The van der Waals surface area contributed by atoms with Crippen molar-refractivity contribution in [3.63, 3.8) is 0 Å². The number of nitrogens with one attached hydrogen (secondary N) is 2. The van der Waals surface area contributed by atoms with Crippen molar-refractivity contribution in [1.82, 2.24) is 10.6 Å². The number of hydrogen-bond acceptors (Lipinski definition) is 3. The molecule has 0 bridgehead atoms. The first-order chi connectivity index (χ1) is 7.29. The largest absolute Gasteiger partial charge is 0.497 e. The summed E-state index contributed by atoms with van der Waals surface area (Å²) in [6.07, 6.45) is 0.476. The van der Waals surface area contributed by atoms with Crippen molar-refractivity contribution in [1.29, 1.82) is 0 Å². The number of methoxy groups -OCH3 is 1. The lowest BCUT2D eigenvalue weighted by molar-refractivity contribution is -0.123. The highest BCUT2D eigenvalue weighted by atomic mass is 16.5. The molecule has 2 N–H and O–H groups in total. The molecule has 1 aliphatic rings. The molecular formula is C11H14N2O2. The molecule has 1 aliphatic heterocycles. The van der Waals surface area contributed by atoms with Crippen LogP contribution in [0.4, 0.5) is 0 Å². The maximum absolute atomic E-state index is 11.2. The lowest BCUT2D eigenvalue weighted by Crippen LogP contribution is -2.44. The van der Waals surface area contributed by atoms with E-state index < -0.39 is 0 Å². The normalized spacial score (nSPS) is 20.9. The maximum Gasteiger partial charge on any atom is 0.222 e. The fourth-order valence-electron chi connectivity index (χ4n) is 1.61. The average molecular weight is 206 g/mol. The van der Waals surface area contributed by atoms with E-state index in [1.165, 1.54) is 0 Å². The Morgan fingerprint density at radius 2 is 2.07 bits per heavy atom. The van der Waals surface area contributed by atoms with E-state index in [1.54, 1.807) is 7.11 Å². The van der Waals surface area contributed by atoms with Crippen LogP contribution in [0.15, 0.2) is 24.3 Å². The van der Waals surface area contributed by atoms with Crippen LogP contribution in [0.1, 0.15) is 18.2 Å². The van der Waals surface area contributed by atoms with Crippen molar-refractivity contribution >= 4 is 5.91 Å². The van der Waals surface area contributed by atoms with Gasteiger partial charge in [0.2, 0.25) is 5.91 Å². The smallest absolute Gasteiger partial charge is 0.222 e. The lowest BCUT2D eigenvalue weighted by Gasteiger charge is -2.25. The average Bonchev–Trinajstić information content (AvgIpc) is 2.29. The Labute approximate surface area is 88.6 Å². The van der Waals surface area contributed by atoms with Crippen LogP contribution in [0.5, 0.6) is 5.75 Å². The van der Waals surface area contributed by atoms with E-state index in [-0.39, 0.29) is 12.1 Å². The molecule has 1 fully saturated rings. The van der Waals surface area contributed by atoms with Gasteiger partial charge in [0.15, 0.2) is 0 Å². The van der Waals surface area contributed by atoms with Gasteiger partial charge in [-0.1, -0.05) is 12.1 Å². The Kier molecular flexibility index (Phi) is 2.87. The third kappa shape index (κ3) is 2.27. The molecule has 0 spiro atoms. The van der Waals surface area contributed by atoms with Gasteiger partial charge in [0.25, 0.3) is 0 Å². The quantitative estimate of drug-likeness (QED) is 0.752. The highest BCUT2D eigenvalue weighted by Gasteiger charge is 2.18. The molecule has 0 radical (unpaired) electrons. The summed E-state index contributed by atoms with van der Waals surface area (Å²) in [5.74, 6) is 0.912. The second-order valence-corrected chi connectivity index (χ2v) is 3.48. The van der Waals surface area contributed by atoms with Crippen LogP contribution in [-0.4, -0.2) is 19.6 Å². The van der Waals surface area contributed by atoms with Crippen molar-refractivity contribution < 1.29 is 9.53 Å². The van der Waals surface area contributed by atoms with Crippen molar-refractivity contribution in [2.75, 3.05) is 13.7 Å². The number of rotatable bonds is 2. The van der Waals surface area contributed by atoms with Crippen LogP contribution in [-0.2, 0) is 4.79 Å². The van der Waals surface area contributed by atoms with E-state index in [2.05, 4.69) is 10.6 Å². The molecule has 0 saturated carbocycles. The van der Waals surface area contributed by atoms with Crippen molar-refractivity contribution in [3.8, 4) is 5.75 Å². The molecule has 1 aromatic rings. The zero-order valence-corrected chi connectivity index (χ0v) is 8.62.